The predicted octanol–water partition coefficient (Wildman–Crippen LogP) is 1.48. The van der Waals surface area contributed by atoms with E-state index in [1.54, 1.807) is 20.8 Å². The van der Waals surface area contributed by atoms with Gasteiger partial charge < -0.3 is 19.9 Å². The highest BCUT2D eigenvalue weighted by Crippen LogP contribution is 2.41. The average Bonchev–Trinajstić information content (AvgIpc) is 2.68. The molecule has 0 aromatic rings. The van der Waals surface area contributed by atoms with Crippen molar-refractivity contribution in [1.82, 2.24) is 10.2 Å². The summed E-state index contributed by atoms with van der Waals surface area (Å²) in [5.41, 5.74) is -1.22. The second-order valence-corrected chi connectivity index (χ2v) is 9.28. The summed E-state index contributed by atoms with van der Waals surface area (Å²) in [5.74, 6) is -3.27. The molecule has 170 valence electrons. The van der Waals surface area contributed by atoms with Gasteiger partial charge in [-0.15, -0.1) is 16.7 Å². The Bertz CT molecular complexity index is 880. The topological polar surface area (TPSA) is 152 Å². The number of ether oxygens (including phenoxy) is 2. The van der Waals surface area contributed by atoms with Gasteiger partial charge >= 0.3 is 11.9 Å². The van der Waals surface area contributed by atoms with Gasteiger partial charge in [0, 0.05) is 18.2 Å². The third kappa shape index (κ3) is 5.64. The fraction of sp³-hybridized carbons (Fsp3) is 0.556. The van der Waals surface area contributed by atoms with E-state index in [0.717, 1.165) is 0 Å². The zero-order chi connectivity index (χ0) is 23.5. The fourth-order valence-electron chi connectivity index (χ4n) is 2.80. The number of fused-ring (bicyclic) bond motifs is 1. The zero-order valence-electron chi connectivity index (χ0n) is 17.3. The van der Waals surface area contributed by atoms with E-state index < -0.39 is 52.2 Å². The molecule has 0 radical (unpaired) electrons. The van der Waals surface area contributed by atoms with Crippen molar-refractivity contribution in [2.45, 2.75) is 44.7 Å². The number of carbonyl (C=O) groups is 4. The van der Waals surface area contributed by atoms with E-state index in [1.165, 1.54) is 23.6 Å². The first-order chi connectivity index (χ1) is 14.4. The van der Waals surface area contributed by atoms with E-state index in [4.69, 9.17) is 9.47 Å². The minimum absolute atomic E-state index is 0.0389. The van der Waals surface area contributed by atoms with Crippen LogP contribution in [0.5, 0.6) is 0 Å². The third-order valence-corrected chi connectivity index (χ3v) is 5.95. The van der Waals surface area contributed by atoms with Gasteiger partial charge in [0.2, 0.25) is 5.70 Å². The largest absolute Gasteiger partial charge is 0.509 e. The van der Waals surface area contributed by atoms with Crippen molar-refractivity contribution in [3.05, 3.63) is 27.6 Å². The molecule has 11 nitrogen and oxygen atoms in total. The van der Waals surface area contributed by atoms with Crippen LogP contribution in [0.2, 0.25) is 0 Å². The van der Waals surface area contributed by atoms with E-state index in [1.807, 2.05) is 0 Å². The van der Waals surface area contributed by atoms with Crippen LogP contribution < -0.4 is 5.32 Å². The number of alkyl halides is 1. The van der Waals surface area contributed by atoms with Crippen molar-refractivity contribution in [1.29, 1.82) is 0 Å². The summed E-state index contributed by atoms with van der Waals surface area (Å²) in [6.45, 7) is 6.05. The fourth-order valence-corrected chi connectivity index (χ4v) is 4.39. The summed E-state index contributed by atoms with van der Waals surface area (Å²) in [7, 11) is 0. The van der Waals surface area contributed by atoms with Crippen molar-refractivity contribution in [3.8, 4) is 0 Å². The molecule has 2 rings (SSSR count). The number of hydrogen-bond acceptors (Lipinski definition) is 10. The van der Waals surface area contributed by atoms with E-state index >= 15 is 0 Å². The Hall–Kier alpha value is -2.41. The number of nitroso groups, excluding NO2 is 1. The summed E-state index contributed by atoms with van der Waals surface area (Å²) in [6.07, 6.45) is 0. The number of carbonyl (C=O) groups excluding carboxylic acids is 4. The first kappa shape index (κ1) is 24.9. The number of rotatable bonds is 7. The van der Waals surface area contributed by atoms with Crippen LogP contribution in [0.1, 0.15) is 27.7 Å². The number of allylic oxidation sites excluding steroid dienone is 1. The second kappa shape index (κ2) is 9.81. The molecular formula is C18H22BrN3O8S. The smallest absolute Gasteiger partial charge is 0.355 e. The molecule has 0 aromatic heterocycles. The normalized spacial score (nSPS) is 21.5. The highest BCUT2D eigenvalue weighted by atomic mass is 79.9. The summed E-state index contributed by atoms with van der Waals surface area (Å²) < 4.78 is 10.4. The first-order valence-electron chi connectivity index (χ1n) is 9.07. The van der Waals surface area contributed by atoms with Crippen LogP contribution in [-0.4, -0.2) is 68.5 Å². The van der Waals surface area contributed by atoms with Crippen LogP contribution in [0, 0.1) is 4.91 Å². The number of esters is 2. The summed E-state index contributed by atoms with van der Waals surface area (Å²) in [4.78, 5) is 61.1. The molecule has 2 aliphatic heterocycles. The number of β-lactam (4-membered cyclic amide) rings is 1. The summed E-state index contributed by atoms with van der Waals surface area (Å²) in [6, 6.07) is -1.05. The Kier molecular flexibility index (Phi) is 7.87. The molecule has 2 N–H and O–H groups in total. The molecular weight excluding hydrogens is 498 g/mol. The molecule has 1 fully saturated rings. The lowest BCUT2D eigenvalue weighted by molar-refractivity contribution is -0.159. The van der Waals surface area contributed by atoms with Crippen LogP contribution in [0.4, 0.5) is 0 Å². The van der Waals surface area contributed by atoms with Gasteiger partial charge in [0.15, 0.2) is 0 Å². The number of nitrogens with zero attached hydrogens (tertiary/aromatic N) is 2. The Balaban J connectivity index is 2.29. The maximum Gasteiger partial charge on any atom is 0.355 e. The van der Waals surface area contributed by atoms with Gasteiger partial charge in [-0.2, -0.15) is 0 Å². The third-order valence-electron chi connectivity index (χ3n) is 4.08. The lowest BCUT2D eigenvalue weighted by Gasteiger charge is -2.49. The quantitative estimate of drug-likeness (QED) is 0.127. The lowest BCUT2D eigenvalue weighted by atomic mass is 10.0. The highest BCUT2D eigenvalue weighted by Gasteiger charge is 2.55. The van der Waals surface area contributed by atoms with Crippen molar-refractivity contribution in [2.24, 2.45) is 5.18 Å². The highest BCUT2D eigenvalue weighted by molar-refractivity contribution is 9.09. The van der Waals surface area contributed by atoms with E-state index in [0.29, 0.717) is 5.57 Å². The molecule has 0 saturated carbocycles. The minimum Gasteiger partial charge on any atom is -0.509 e. The number of amides is 2. The molecule has 0 unspecified atom stereocenters. The van der Waals surface area contributed by atoms with E-state index in [2.05, 4.69) is 26.4 Å². The number of aliphatic hydroxyl groups is 1. The van der Waals surface area contributed by atoms with Crippen molar-refractivity contribution in [2.75, 3.05) is 17.7 Å². The number of hydrogen-bond donors (Lipinski definition) is 2. The van der Waals surface area contributed by atoms with Gasteiger partial charge in [0.1, 0.15) is 35.1 Å². The molecule has 1 saturated heterocycles. The van der Waals surface area contributed by atoms with Gasteiger partial charge in [-0.25, -0.2) is 4.79 Å². The second-order valence-electron chi connectivity index (χ2n) is 7.62. The maximum atomic E-state index is 12.8. The Morgan fingerprint density at radius 3 is 2.52 bits per heavy atom. The number of aliphatic hydroxyl groups excluding tert-OH is 1. The molecule has 13 heteroatoms. The van der Waals surface area contributed by atoms with Gasteiger partial charge in [-0.05, 0) is 25.9 Å². The van der Waals surface area contributed by atoms with Crippen LogP contribution in [0.3, 0.4) is 0 Å². The minimum atomic E-state index is -1.05. The Morgan fingerprint density at radius 1 is 1.35 bits per heavy atom. The van der Waals surface area contributed by atoms with E-state index in [9.17, 15) is 29.2 Å². The van der Waals surface area contributed by atoms with Crippen molar-refractivity contribution in [3.63, 3.8) is 0 Å². The average molecular weight is 520 g/mol. The molecule has 0 spiro atoms. The molecule has 0 aromatic carbocycles. The van der Waals surface area contributed by atoms with Gasteiger partial charge in [0.25, 0.3) is 11.8 Å². The lowest BCUT2D eigenvalue weighted by Crippen LogP contribution is -2.70. The Morgan fingerprint density at radius 2 is 2.00 bits per heavy atom. The number of thioether (sulfide) groups is 1. The van der Waals surface area contributed by atoms with Crippen molar-refractivity contribution >= 4 is 51.4 Å². The zero-order valence-corrected chi connectivity index (χ0v) is 19.7. The Labute approximate surface area is 190 Å². The van der Waals surface area contributed by atoms with Crippen LogP contribution in [0.15, 0.2) is 27.9 Å². The molecule has 2 atom stereocenters. The predicted molar refractivity (Wildman–Crippen MR) is 114 cm³/mol. The molecule has 0 aliphatic carbocycles. The molecule has 2 heterocycles. The number of nitrogens with one attached hydrogen (secondary N) is 1. The maximum absolute atomic E-state index is 12.8. The van der Waals surface area contributed by atoms with Crippen LogP contribution in [0.25, 0.3) is 0 Å². The SMILES string of the molecule is CC(=O)OCC1=C(C(=O)OC(C)(C)C)N2C(=O)[C@H](NC(=O)C(N=O)=C(O)CBr)[C@H]2SC1. The standard InChI is InChI=1S/C18H22BrN3O8S/c1-8(23)29-6-9-7-31-16-12(20-14(25)11(21-28)10(24)5-19)15(26)22(16)13(9)17(27)30-18(2,3)4/h12,16,24H,5-7H2,1-4H3,(H,20,25)/t12-,16+/m0/s1. The summed E-state index contributed by atoms with van der Waals surface area (Å²) >= 11 is 4.14. The molecule has 0 bridgehead atoms. The van der Waals surface area contributed by atoms with Gasteiger partial charge in [-0.3, -0.25) is 19.3 Å². The van der Waals surface area contributed by atoms with Gasteiger partial charge in [-0.1, -0.05) is 15.9 Å². The molecule has 2 aliphatic rings. The first-order valence-corrected chi connectivity index (χ1v) is 11.2. The van der Waals surface area contributed by atoms with E-state index in [-0.39, 0.29) is 23.4 Å². The number of halogens is 1. The van der Waals surface area contributed by atoms with Crippen LogP contribution in [-0.2, 0) is 28.7 Å². The molecule has 31 heavy (non-hydrogen) atoms. The summed E-state index contributed by atoms with van der Waals surface area (Å²) in [5, 5.41) is 13.7. The monoisotopic (exact) mass is 519 g/mol. The van der Waals surface area contributed by atoms with Crippen LogP contribution >= 0.6 is 27.7 Å². The molecule has 2 amide bonds. The van der Waals surface area contributed by atoms with Gasteiger partial charge in [0.05, 0.1) is 5.33 Å². The van der Waals surface area contributed by atoms with Crippen molar-refractivity contribution < 1.29 is 33.8 Å².